The van der Waals surface area contributed by atoms with Gasteiger partial charge in [-0.05, 0) is 23.9 Å². The molecule has 0 atom stereocenters. The molecule has 2 rings (SSSR count). The number of carbonyl (C=O) groups excluding carboxylic acids is 1. The predicted molar refractivity (Wildman–Crippen MR) is 64.3 cm³/mol. The number of fused-ring (bicyclic) bond motifs is 1. The Labute approximate surface area is 107 Å². The predicted octanol–water partition coefficient (Wildman–Crippen LogP) is 2.67. The average molecular weight is 268 g/mol. The molecule has 6 heteroatoms. The Morgan fingerprint density at radius 1 is 1.21 bits per heavy atom. The maximum atomic E-state index is 12.9. The summed E-state index contributed by atoms with van der Waals surface area (Å²) in [5, 5.41) is 0.489. The first-order chi connectivity index (χ1) is 8.89. The fourth-order valence-corrected chi connectivity index (χ4v) is 1.96. The van der Waals surface area contributed by atoms with Crippen molar-refractivity contribution in [2.45, 2.75) is 19.0 Å². The number of pyridine rings is 1. The van der Waals surface area contributed by atoms with Crippen LogP contribution in [0.1, 0.15) is 17.7 Å². The normalized spacial score (nSPS) is 11.7. The van der Waals surface area contributed by atoms with Gasteiger partial charge in [0.25, 0.3) is 0 Å². The molecule has 0 aliphatic rings. The van der Waals surface area contributed by atoms with E-state index in [2.05, 4.69) is 4.98 Å². The van der Waals surface area contributed by atoms with Gasteiger partial charge in [-0.25, -0.2) is 0 Å². The number of amides is 1. The Morgan fingerprint density at radius 2 is 1.95 bits per heavy atom. The second-order valence-corrected chi connectivity index (χ2v) is 4.12. The lowest BCUT2D eigenvalue weighted by Crippen LogP contribution is -2.12. The number of rotatable bonds is 3. The van der Waals surface area contributed by atoms with Crippen molar-refractivity contribution in [3.05, 3.63) is 41.7 Å². The van der Waals surface area contributed by atoms with Crippen LogP contribution in [0.5, 0.6) is 0 Å². The highest BCUT2D eigenvalue weighted by Gasteiger charge is 2.32. The Bertz CT molecular complexity index is 623. The van der Waals surface area contributed by atoms with Gasteiger partial charge in [0, 0.05) is 23.7 Å². The van der Waals surface area contributed by atoms with Crippen LogP contribution in [0.25, 0.3) is 10.8 Å². The average Bonchev–Trinajstić information content (AvgIpc) is 2.34. The van der Waals surface area contributed by atoms with Crippen molar-refractivity contribution in [2.24, 2.45) is 5.73 Å². The summed E-state index contributed by atoms with van der Waals surface area (Å²) in [7, 11) is 0. The molecule has 1 amide bonds. The lowest BCUT2D eigenvalue weighted by molar-refractivity contribution is -0.136. The molecule has 1 heterocycles. The Morgan fingerprint density at radius 3 is 2.58 bits per heavy atom. The summed E-state index contributed by atoms with van der Waals surface area (Å²) in [6.07, 6.45) is -2.81. The second kappa shape index (κ2) is 4.87. The lowest BCUT2D eigenvalue weighted by Gasteiger charge is -2.11. The summed E-state index contributed by atoms with van der Waals surface area (Å²) in [5.41, 5.74) is 4.78. The van der Waals surface area contributed by atoms with E-state index in [-0.39, 0.29) is 18.2 Å². The minimum Gasteiger partial charge on any atom is -0.370 e. The van der Waals surface area contributed by atoms with Gasteiger partial charge < -0.3 is 5.73 Å². The lowest BCUT2D eigenvalue weighted by atomic mass is 10.0. The number of carbonyl (C=O) groups is 1. The van der Waals surface area contributed by atoms with Crippen LogP contribution in [0, 0.1) is 0 Å². The molecule has 100 valence electrons. The van der Waals surface area contributed by atoms with Crippen molar-refractivity contribution in [1.82, 2.24) is 4.98 Å². The first-order valence-electron chi connectivity index (χ1n) is 5.61. The summed E-state index contributed by atoms with van der Waals surface area (Å²) in [5.74, 6) is -0.509. The number of nitrogens with zero attached hydrogens (tertiary/aromatic N) is 1. The van der Waals surface area contributed by atoms with Crippen LogP contribution in [0.2, 0.25) is 0 Å². The van der Waals surface area contributed by atoms with Crippen LogP contribution >= 0.6 is 0 Å². The first-order valence-corrected chi connectivity index (χ1v) is 5.61. The number of aromatic nitrogens is 1. The third kappa shape index (κ3) is 2.83. The molecule has 1 aromatic heterocycles. The fourth-order valence-electron chi connectivity index (χ4n) is 1.96. The molecule has 19 heavy (non-hydrogen) atoms. The number of hydrogen-bond acceptors (Lipinski definition) is 2. The van der Waals surface area contributed by atoms with Crippen molar-refractivity contribution in [3.8, 4) is 0 Å². The molecule has 2 aromatic rings. The third-order valence-electron chi connectivity index (χ3n) is 2.80. The van der Waals surface area contributed by atoms with Crippen LogP contribution in [-0.4, -0.2) is 10.9 Å². The molecular weight excluding hydrogens is 257 g/mol. The van der Waals surface area contributed by atoms with Crippen molar-refractivity contribution < 1.29 is 18.0 Å². The first kappa shape index (κ1) is 13.3. The van der Waals surface area contributed by atoms with E-state index in [1.807, 2.05) is 0 Å². The largest absolute Gasteiger partial charge is 0.417 e. The Kier molecular flexibility index (Phi) is 3.42. The molecular formula is C13H11F3N2O. The maximum absolute atomic E-state index is 12.9. The van der Waals surface area contributed by atoms with Crippen molar-refractivity contribution in [1.29, 1.82) is 0 Å². The second-order valence-electron chi connectivity index (χ2n) is 4.12. The monoisotopic (exact) mass is 268 g/mol. The van der Waals surface area contributed by atoms with E-state index in [0.29, 0.717) is 11.1 Å². The zero-order valence-electron chi connectivity index (χ0n) is 9.87. The smallest absolute Gasteiger partial charge is 0.370 e. The molecule has 2 N–H and O–H groups in total. The molecule has 0 spiro atoms. The van der Waals surface area contributed by atoms with Crippen LogP contribution in [0.3, 0.4) is 0 Å². The number of benzene rings is 1. The quantitative estimate of drug-likeness (QED) is 0.930. The number of aryl methyl sites for hydroxylation is 1. The highest BCUT2D eigenvalue weighted by molar-refractivity contribution is 5.88. The molecule has 0 bridgehead atoms. The Hall–Kier alpha value is -2.11. The minimum atomic E-state index is -4.41. The summed E-state index contributed by atoms with van der Waals surface area (Å²) in [6, 6.07) is 5.25. The summed E-state index contributed by atoms with van der Waals surface area (Å²) in [6.45, 7) is 0. The highest BCUT2D eigenvalue weighted by Crippen LogP contribution is 2.35. The van der Waals surface area contributed by atoms with Gasteiger partial charge in [0.15, 0.2) is 0 Å². The van der Waals surface area contributed by atoms with Crippen LogP contribution < -0.4 is 5.73 Å². The Balaban J connectivity index is 2.54. The topological polar surface area (TPSA) is 56.0 Å². The number of nitrogens with two attached hydrogens (primary N) is 1. The number of hydrogen-bond donors (Lipinski definition) is 1. The molecule has 0 aliphatic heterocycles. The standard InChI is InChI=1S/C13H11F3N2O/c14-13(15,16)10-3-1-2-9-8(10)6-7-18-11(9)4-5-12(17)19/h1-3,6-7H,4-5H2,(H2,17,19). The van der Waals surface area contributed by atoms with Crippen molar-refractivity contribution in [3.63, 3.8) is 0 Å². The SMILES string of the molecule is NC(=O)CCc1nccc2c(C(F)(F)F)cccc12. The van der Waals surface area contributed by atoms with Gasteiger partial charge in [-0.1, -0.05) is 12.1 Å². The van der Waals surface area contributed by atoms with E-state index >= 15 is 0 Å². The van der Waals surface area contributed by atoms with Gasteiger partial charge >= 0.3 is 6.18 Å². The number of alkyl halides is 3. The molecule has 0 unspecified atom stereocenters. The van der Waals surface area contributed by atoms with E-state index in [0.717, 1.165) is 6.07 Å². The van der Waals surface area contributed by atoms with E-state index < -0.39 is 17.6 Å². The third-order valence-corrected chi connectivity index (χ3v) is 2.80. The van der Waals surface area contributed by atoms with E-state index in [1.54, 1.807) is 6.07 Å². The molecule has 0 aliphatic carbocycles. The van der Waals surface area contributed by atoms with Gasteiger partial charge in [-0.3, -0.25) is 9.78 Å². The zero-order valence-corrected chi connectivity index (χ0v) is 9.87. The molecule has 1 aromatic carbocycles. The molecule has 0 saturated heterocycles. The molecule has 0 saturated carbocycles. The summed E-state index contributed by atoms with van der Waals surface area (Å²) < 4.78 is 38.6. The number of halogens is 3. The van der Waals surface area contributed by atoms with E-state index in [9.17, 15) is 18.0 Å². The van der Waals surface area contributed by atoms with Crippen molar-refractivity contribution in [2.75, 3.05) is 0 Å². The molecule has 0 radical (unpaired) electrons. The van der Waals surface area contributed by atoms with E-state index in [1.165, 1.54) is 18.3 Å². The van der Waals surface area contributed by atoms with Gasteiger partial charge in [0.1, 0.15) is 0 Å². The van der Waals surface area contributed by atoms with Gasteiger partial charge in [-0.15, -0.1) is 0 Å². The van der Waals surface area contributed by atoms with E-state index in [4.69, 9.17) is 5.73 Å². The minimum absolute atomic E-state index is 0.0579. The summed E-state index contributed by atoms with van der Waals surface area (Å²) in [4.78, 5) is 14.8. The van der Waals surface area contributed by atoms with Gasteiger partial charge in [-0.2, -0.15) is 13.2 Å². The van der Waals surface area contributed by atoms with Crippen LogP contribution in [-0.2, 0) is 17.4 Å². The highest BCUT2D eigenvalue weighted by atomic mass is 19.4. The number of primary amides is 1. The zero-order chi connectivity index (χ0) is 14.0. The molecule has 3 nitrogen and oxygen atoms in total. The van der Waals surface area contributed by atoms with Crippen LogP contribution in [0.4, 0.5) is 13.2 Å². The summed E-state index contributed by atoms with van der Waals surface area (Å²) >= 11 is 0. The molecule has 0 fully saturated rings. The van der Waals surface area contributed by atoms with Crippen LogP contribution in [0.15, 0.2) is 30.5 Å². The van der Waals surface area contributed by atoms with Crippen molar-refractivity contribution >= 4 is 16.7 Å². The fraction of sp³-hybridized carbons (Fsp3) is 0.231. The maximum Gasteiger partial charge on any atom is 0.417 e. The van der Waals surface area contributed by atoms with Gasteiger partial charge in [0.2, 0.25) is 5.91 Å². The van der Waals surface area contributed by atoms with Gasteiger partial charge in [0.05, 0.1) is 5.56 Å².